The Hall–Kier alpha value is -1.46. The Kier molecular flexibility index (Phi) is 3.93. The molecule has 1 aromatic rings. The van der Waals surface area contributed by atoms with Crippen LogP contribution in [0.25, 0.3) is 0 Å². The highest BCUT2D eigenvalue weighted by Gasteiger charge is 2.35. The van der Waals surface area contributed by atoms with E-state index in [1.165, 1.54) is 19.2 Å². The van der Waals surface area contributed by atoms with Gasteiger partial charge in [0.2, 0.25) is 0 Å². The van der Waals surface area contributed by atoms with Gasteiger partial charge in [0.1, 0.15) is 5.82 Å². The molecule has 0 radical (unpaired) electrons. The van der Waals surface area contributed by atoms with Crippen LogP contribution in [0.1, 0.15) is 17.9 Å². The van der Waals surface area contributed by atoms with Gasteiger partial charge in [0.25, 0.3) is 0 Å². The first-order valence-electron chi connectivity index (χ1n) is 5.94. The first-order chi connectivity index (χ1) is 8.61. The van der Waals surface area contributed by atoms with Crippen LogP contribution in [0, 0.1) is 11.7 Å². The van der Waals surface area contributed by atoms with Gasteiger partial charge < -0.3 is 4.74 Å². The summed E-state index contributed by atoms with van der Waals surface area (Å²) < 4.78 is 17.7. The zero-order chi connectivity index (χ0) is 13.1. The molecule has 0 spiro atoms. The summed E-state index contributed by atoms with van der Waals surface area (Å²) in [5.74, 6) is 4.96. The molecule has 5 heteroatoms. The number of methoxy groups -OCH3 is 1. The molecular weight excluding hydrogens is 235 g/mol. The lowest BCUT2D eigenvalue weighted by molar-refractivity contribution is -0.148. The largest absolute Gasteiger partial charge is 0.469 e. The zero-order valence-corrected chi connectivity index (χ0v) is 10.3. The second-order valence-corrected chi connectivity index (χ2v) is 4.57. The lowest BCUT2D eigenvalue weighted by Gasteiger charge is -2.34. The molecule has 1 saturated heterocycles. The fourth-order valence-electron chi connectivity index (χ4n) is 2.48. The van der Waals surface area contributed by atoms with E-state index in [1.54, 1.807) is 17.1 Å². The normalized spacial score (nSPS) is 24.8. The molecule has 1 fully saturated rings. The van der Waals surface area contributed by atoms with Crippen molar-refractivity contribution < 1.29 is 13.9 Å². The van der Waals surface area contributed by atoms with Crippen LogP contribution in [0.5, 0.6) is 0 Å². The number of piperidine rings is 1. The molecule has 2 rings (SSSR count). The summed E-state index contributed by atoms with van der Waals surface area (Å²) in [5.41, 5.74) is 0.958. The third kappa shape index (κ3) is 2.68. The van der Waals surface area contributed by atoms with E-state index in [1.807, 2.05) is 0 Å². The van der Waals surface area contributed by atoms with Crippen LogP contribution in [0.2, 0.25) is 0 Å². The number of ether oxygens (including phenoxy) is 1. The first kappa shape index (κ1) is 13.0. The van der Waals surface area contributed by atoms with Gasteiger partial charge in [0.15, 0.2) is 0 Å². The molecule has 98 valence electrons. The van der Waals surface area contributed by atoms with Gasteiger partial charge in [-0.3, -0.25) is 10.6 Å². The quantitative estimate of drug-likeness (QED) is 0.636. The summed E-state index contributed by atoms with van der Waals surface area (Å²) in [5, 5.41) is 1.63. The molecule has 0 aliphatic carbocycles. The van der Waals surface area contributed by atoms with Crippen molar-refractivity contribution in [2.75, 3.05) is 20.2 Å². The highest BCUT2D eigenvalue weighted by Crippen LogP contribution is 2.32. The topological polar surface area (TPSA) is 55.6 Å². The number of nitrogens with zero attached hydrogens (tertiary/aromatic N) is 1. The fourth-order valence-corrected chi connectivity index (χ4v) is 2.48. The fraction of sp³-hybridized carbons (Fsp3) is 0.462. The van der Waals surface area contributed by atoms with Crippen molar-refractivity contribution >= 4 is 5.97 Å². The molecule has 2 atom stereocenters. The summed E-state index contributed by atoms with van der Waals surface area (Å²) in [6.45, 7) is 1.18. The van der Waals surface area contributed by atoms with E-state index < -0.39 is 0 Å². The van der Waals surface area contributed by atoms with Gasteiger partial charge in [-0.05, 0) is 30.0 Å². The highest BCUT2D eigenvalue weighted by molar-refractivity contribution is 5.74. The van der Waals surface area contributed by atoms with Crippen LogP contribution < -0.4 is 5.84 Å². The second kappa shape index (κ2) is 5.46. The van der Waals surface area contributed by atoms with Crippen molar-refractivity contribution in [3.05, 3.63) is 35.6 Å². The number of benzene rings is 1. The minimum Gasteiger partial charge on any atom is -0.469 e. The number of esters is 1. The number of nitrogens with two attached hydrogens (primary N) is 1. The summed E-state index contributed by atoms with van der Waals surface area (Å²) in [7, 11) is 1.37. The summed E-state index contributed by atoms with van der Waals surface area (Å²) in [6.07, 6.45) is 0.766. The Morgan fingerprint density at radius 3 is 2.72 bits per heavy atom. The maximum absolute atomic E-state index is 12.9. The van der Waals surface area contributed by atoms with Crippen LogP contribution in [-0.4, -0.2) is 31.2 Å². The number of halogens is 1. The molecule has 0 bridgehead atoms. The molecular formula is C13H17FN2O2. The molecule has 4 nitrogen and oxygen atoms in total. The third-order valence-corrected chi connectivity index (χ3v) is 3.45. The number of rotatable bonds is 2. The maximum Gasteiger partial charge on any atom is 0.310 e. The third-order valence-electron chi connectivity index (χ3n) is 3.45. The Morgan fingerprint density at radius 1 is 1.44 bits per heavy atom. The predicted molar refractivity (Wildman–Crippen MR) is 65.0 cm³/mol. The van der Waals surface area contributed by atoms with Gasteiger partial charge in [0.05, 0.1) is 13.0 Å². The minimum absolute atomic E-state index is 0.0397. The standard InChI is InChI=1S/C13H17FN2O2/c1-18-13(17)12-8-16(15)7-6-11(12)9-2-4-10(14)5-3-9/h2-5,11-12H,6-8,15H2,1H3/t11-,12+/m0/s1. The number of hydrogen-bond acceptors (Lipinski definition) is 4. The van der Waals surface area contributed by atoms with E-state index in [4.69, 9.17) is 10.6 Å². The Balaban J connectivity index is 2.23. The van der Waals surface area contributed by atoms with Crippen molar-refractivity contribution in [3.8, 4) is 0 Å². The molecule has 0 saturated carbocycles. The number of carbonyl (C=O) groups excluding carboxylic acids is 1. The van der Waals surface area contributed by atoms with E-state index in [0.29, 0.717) is 6.54 Å². The first-order valence-corrected chi connectivity index (χ1v) is 5.94. The van der Waals surface area contributed by atoms with Gasteiger partial charge in [-0.15, -0.1) is 0 Å². The monoisotopic (exact) mass is 252 g/mol. The average Bonchev–Trinajstić information content (AvgIpc) is 2.39. The molecule has 1 heterocycles. The summed E-state index contributed by atoms with van der Waals surface area (Å²) in [4.78, 5) is 11.8. The Labute approximate surface area is 105 Å². The van der Waals surface area contributed by atoms with E-state index >= 15 is 0 Å². The molecule has 18 heavy (non-hydrogen) atoms. The van der Waals surface area contributed by atoms with E-state index in [9.17, 15) is 9.18 Å². The van der Waals surface area contributed by atoms with Crippen molar-refractivity contribution in [2.24, 2.45) is 11.8 Å². The van der Waals surface area contributed by atoms with Crippen molar-refractivity contribution in [2.45, 2.75) is 12.3 Å². The Bertz CT molecular complexity index is 422. The Morgan fingerprint density at radius 2 is 2.11 bits per heavy atom. The minimum atomic E-state index is -0.292. The van der Waals surface area contributed by atoms with Gasteiger partial charge in [-0.1, -0.05) is 12.1 Å². The summed E-state index contributed by atoms with van der Waals surface area (Å²) >= 11 is 0. The van der Waals surface area contributed by atoms with Crippen LogP contribution >= 0.6 is 0 Å². The zero-order valence-electron chi connectivity index (χ0n) is 10.3. The van der Waals surface area contributed by atoms with E-state index in [2.05, 4.69) is 0 Å². The second-order valence-electron chi connectivity index (χ2n) is 4.57. The van der Waals surface area contributed by atoms with Crippen LogP contribution in [0.3, 0.4) is 0 Å². The van der Waals surface area contributed by atoms with Gasteiger partial charge in [0, 0.05) is 13.1 Å². The van der Waals surface area contributed by atoms with Gasteiger partial charge in [-0.2, -0.15) is 0 Å². The number of hydrazine groups is 1. The molecule has 0 aromatic heterocycles. The summed E-state index contributed by atoms with van der Waals surface area (Å²) in [6, 6.07) is 6.28. The lowest BCUT2D eigenvalue weighted by Crippen LogP contribution is -2.46. The van der Waals surface area contributed by atoms with E-state index in [-0.39, 0.29) is 23.6 Å². The highest BCUT2D eigenvalue weighted by atomic mass is 19.1. The average molecular weight is 252 g/mol. The number of hydrogen-bond donors (Lipinski definition) is 1. The van der Waals surface area contributed by atoms with Crippen molar-refractivity contribution in [1.82, 2.24) is 5.01 Å². The SMILES string of the molecule is COC(=O)[C@@H]1CN(N)CC[C@H]1c1ccc(F)cc1. The van der Waals surface area contributed by atoms with Crippen LogP contribution in [-0.2, 0) is 9.53 Å². The smallest absolute Gasteiger partial charge is 0.310 e. The van der Waals surface area contributed by atoms with Gasteiger partial charge >= 0.3 is 5.97 Å². The van der Waals surface area contributed by atoms with Crippen molar-refractivity contribution in [3.63, 3.8) is 0 Å². The van der Waals surface area contributed by atoms with Crippen molar-refractivity contribution in [1.29, 1.82) is 0 Å². The van der Waals surface area contributed by atoms with Crippen LogP contribution in [0.4, 0.5) is 4.39 Å². The molecule has 0 unspecified atom stereocenters. The number of carbonyl (C=O) groups is 1. The van der Waals surface area contributed by atoms with Crippen LogP contribution in [0.15, 0.2) is 24.3 Å². The molecule has 1 aromatic carbocycles. The molecule has 0 amide bonds. The maximum atomic E-state index is 12.9. The van der Waals surface area contributed by atoms with E-state index in [0.717, 1.165) is 18.5 Å². The van der Waals surface area contributed by atoms with Gasteiger partial charge in [-0.25, -0.2) is 9.40 Å². The molecule has 1 aliphatic heterocycles. The molecule has 1 aliphatic rings. The predicted octanol–water partition coefficient (Wildman–Crippen LogP) is 1.28. The lowest BCUT2D eigenvalue weighted by atomic mass is 9.81. The molecule has 2 N–H and O–H groups in total.